The number of hydrogen-bond acceptors (Lipinski definition) is 3. The lowest BCUT2D eigenvalue weighted by atomic mass is 10.1. The Balaban J connectivity index is 2.24. The van der Waals surface area contributed by atoms with Gasteiger partial charge in [-0.2, -0.15) is 4.36 Å². The van der Waals surface area contributed by atoms with E-state index in [1.54, 1.807) is 24.3 Å². The van der Waals surface area contributed by atoms with Crippen molar-refractivity contribution in [2.24, 2.45) is 16.2 Å². The molecule has 20 heavy (non-hydrogen) atoms. The van der Waals surface area contributed by atoms with Crippen LogP contribution >= 0.6 is 0 Å². The Bertz CT molecular complexity index is 667. The van der Waals surface area contributed by atoms with Crippen molar-refractivity contribution in [2.45, 2.75) is 13.3 Å². The van der Waals surface area contributed by atoms with Gasteiger partial charge in [0.25, 0.3) is 5.91 Å². The van der Waals surface area contributed by atoms with E-state index >= 15 is 0 Å². The zero-order valence-electron chi connectivity index (χ0n) is 11.8. The number of rotatable bonds is 3. The summed E-state index contributed by atoms with van der Waals surface area (Å²) in [4.78, 5) is 24.0. The molecule has 1 aliphatic carbocycles. The van der Waals surface area contributed by atoms with E-state index in [0.717, 1.165) is 6.42 Å². The molecule has 1 fully saturated rings. The van der Waals surface area contributed by atoms with Crippen LogP contribution in [0.4, 0.5) is 5.69 Å². The van der Waals surface area contributed by atoms with Crippen LogP contribution in [0, 0.1) is 11.8 Å². The summed E-state index contributed by atoms with van der Waals surface area (Å²) in [6.07, 6.45) is 3.68. The second-order valence-corrected chi connectivity index (χ2v) is 7.98. The highest BCUT2D eigenvalue weighted by Gasteiger charge is 2.39. The Kier molecular flexibility index (Phi) is 3.94. The molecule has 1 saturated carbocycles. The van der Waals surface area contributed by atoms with Gasteiger partial charge >= 0.3 is 0 Å². The zero-order valence-corrected chi connectivity index (χ0v) is 12.6. The Morgan fingerprint density at radius 1 is 1.30 bits per heavy atom. The Morgan fingerprint density at radius 3 is 2.45 bits per heavy atom. The van der Waals surface area contributed by atoms with Crippen LogP contribution in [0.3, 0.4) is 0 Å². The lowest BCUT2D eigenvalue weighted by Crippen LogP contribution is -2.16. The zero-order chi connectivity index (χ0) is 14.9. The molecule has 2 rings (SSSR count). The van der Waals surface area contributed by atoms with Crippen molar-refractivity contribution < 1.29 is 13.8 Å². The smallest absolute Gasteiger partial charge is 0.287 e. The van der Waals surface area contributed by atoms with Crippen molar-refractivity contribution >= 4 is 27.2 Å². The first kappa shape index (κ1) is 14.7. The number of nitrogens with one attached hydrogen (secondary N) is 1. The molecule has 1 N–H and O–H groups in total. The Labute approximate surface area is 118 Å². The van der Waals surface area contributed by atoms with Gasteiger partial charge in [-0.05, 0) is 24.5 Å². The summed E-state index contributed by atoms with van der Waals surface area (Å²) in [6.45, 7) is 2.01. The SMILES string of the molecule is CC1CC1C(=O)Nc1ccccc1C(=O)N=S(C)(C)=O. The third kappa shape index (κ3) is 3.66. The van der Waals surface area contributed by atoms with E-state index in [2.05, 4.69) is 9.68 Å². The van der Waals surface area contributed by atoms with E-state index in [9.17, 15) is 13.8 Å². The van der Waals surface area contributed by atoms with Crippen molar-refractivity contribution in [1.29, 1.82) is 0 Å². The maximum absolute atomic E-state index is 12.0. The van der Waals surface area contributed by atoms with Crippen LogP contribution < -0.4 is 5.32 Å². The first-order valence-electron chi connectivity index (χ1n) is 6.39. The number of amides is 2. The molecule has 2 amide bonds. The van der Waals surface area contributed by atoms with Crippen molar-refractivity contribution in [3.8, 4) is 0 Å². The molecule has 6 heteroatoms. The molecule has 0 saturated heterocycles. The van der Waals surface area contributed by atoms with Crippen molar-refractivity contribution in [3.05, 3.63) is 29.8 Å². The average Bonchev–Trinajstić information content (AvgIpc) is 3.05. The average molecular weight is 294 g/mol. The number of anilines is 1. The minimum Gasteiger partial charge on any atom is -0.325 e. The van der Waals surface area contributed by atoms with E-state index in [4.69, 9.17) is 0 Å². The van der Waals surface area contributed by atoms with Gasteiger partial charge in [-0.3, -0.25) is 9.59 Å². The third-order valence-corrected chi connectivity index (χ3v) is 3.77. The summed E-state index contributed by atoms with van der Waals surface area (Å²) in [5.41, 5.74) is 0.694. The highest BCUT2D eigenvalue weighted by molar-refractivity contribution is 7.92. The molecule has 0 aliphatic heterocycles. The van der Waals surface area contributed by atoms with Crippen LogP contribution in [0.25, 0.3) is 0 Å². The monoisotopic (exact) mass is 294 g/mol. The molecule has 0 spiro atoms. The van der Waals surface area contributed by atoms with Crippen LogP contribution in [-0.4, -0.2) is 28.5 Å². The fourth-order valence-electron chi connectivity index (χ4n) is 1.94. The number of hydrogen-bond donors (Lipinski definition) is 1. The third-order valence-electron chi connectivity index (χ3n) is 3.16. The molecule has 0 heterocycles. The number of benzene rings is 1. The standard InChI is InChI=1S/C14H18N2O3S/c1-9-8-11(9)13(17)15-12-7-5-4-6-10(12)14(18)16-20(2,3)19/h4-7,9,11H,8H2,1-3H3,(H,15,17). The van der Waals surface area contributed by atoms with E-state index in [1.165, 1.54) is 12.5 Å². The van der Waals surface area contributed by atoms with Gasteiger partial charge < -0.3 is 5.32 Å². The van der Waals surface area contributed by atoms with Gasteiger partial charge in [0.1, 0.15) is 0 Å². The quantitative estimate of drug-likeness (QED) is 0.928. The molecule has 0 radical (unpaired) electrons. The molecule has 2 unspecified atom stereocenters. The summed E-state index contributed by atoms with van der Waals surface area (Å²) >= 11 is 0. The van der Waals surface area contributed by atoms with Crippen molar-refractivity contribution in [2.75, 3.05) is 17.8 Å². The lowest BCUT2D eigenvalue weighted by Gasteiger charge is -2.08. The summed E-state index contributed by atoms with van der Waals surface area (Å²) in [5.74, 6) is -0.226. The highest BCUT2D eigenvalue weighted by Crippen LogP contribution is 2.38. The molecule has 1 aromatic rings. The molecule has 1 aromatic carbocycles. The van der Waals surface area contributed by atoms with Crippen LogP contribution in [0.15, 0.2) is 28.6 Å². The Morgan fingerprint density at radius 2 is 1.90 bits per heavy atom. The van der Waals surface area contributed by atoms with Crippen molar-refractivity contribution in [1.82, 2.24) is 0 Å². The molecule has 108 valence electrons. The maximum atomic E-state index is 12.0. The minimum absolute atomic E-state index is 0.0247. The van der Waals surface area contributed by atoms with Gasteiger partial charge in [0.15, 0.2) is 0 Å². The molecule has 5 nitrogen and oxygen atoms in total. The fraction of sp³-hybridized carbons (Fsp3) is 0.429. The number of carbonyl (C=O) groups excluding carboxylic acids is 2. The van der Waals surface area contributed by atoms with Crippen LogP contribution in [0.1, 0.15) is 23.7 Å². The first-order valence-corrected chi connectivity index (χ1v) is 8.72. The number of nitrogens with zero attached hydrogens (tertiary/aromatic N) is 1. The topological polar surface area (TPSA) is 75.6 Å². The second-order valence-electron chi connectivity index (χ2n) is 5.43. The van der Waals surface area contributed by atoms with Gasteiger partial charge in [-0.1, -0.05) is 19.1 Å². The summed E-state index contributed by atoms with van der Waals surface area (Å²) in [7, 11) is -2.52. The predicted molar refractivity (Wildman–Crippen MR) is 79.1 cm³/mol. The summed E-state index contributed by atoms with van der Waals surface area (Å²) < 4.78 is 15.3. The van der Waals surface area contributed by atoms with Crippen LogP contribution in [0.5, 0.6) is 0 Å². The molecule has 2 atom stereocenters. The lowest BCUT2D eigenvalue weighted by molar-refractivity contribution is -0.117. The van der Waals surface area contributed by atoms with Crippen LogP contribution in [0.2, 0.25) is 0 Å². The molecule has 0 bridgehead atoms. The van der Waals surface area contributed by atoms with E-state index in [-0.39, 0.29) is 17.4 Å². The van der Waals surface area contributed by atoms with Gasteiger partial charge in [0.2, 0.25) is 5.91 Å². The van der Waals surface area contributed by atoms with Crippen molar-refractivity contribution in [3.63, 3.8) is 0 Å². The highest BCUT2D eigenvalue weighted by atomic mass is 32.2. The number of carbonyl (C=O) groups is 2. The van der Waals surface area contributed by atoms with E-state index in [1.807, 2.05) is 6.92 Å². The maximum Gasteiger partial charge on any atom is 0.287 e. The van der Waals surface area contributed by atoms with Gasteiger partial charge in [0, 0.05) is 28.2 Å². The van der Waals surface area contributed by atoms with E-state index in [0.29, 0.717) is 11.6 Å². The predicted octanol–water partition coefficient (Wildman–Crippen LogP) is 2.15. The number of para-hydroxylation sites is 1. The minimum atomic E-state index is -2.52. The van der Waals surface area contributed by atoms with Gasteiger partial charge in [-0.25, -0.2) is 4.21 Å². The molecule has 1 aliphatic rings. The van der Waals surface area contributed by atoms with E-state index < -0.39 is 15.6 Å². The van der Waals surface area contributed by atoms with Gasteiger partial charge in [0.05, 0.1) is 11.3 Å². The second kappa shape index (κ2) is 5.36. The molecular weight excluding hydrogens is 276 g/mol. The van der Waals surface area contributed by atoms with Crippen LogP contribution in [-0.2, 0) is 14.5 Å². The summed E-state index contributed by atoms with van der Waals surface area (Å²) in [5, 5.41) is 2.76. The van der Waals surface area contributed by atoms with Gasteiger partial charge in [-0.15, -0.1) is 0 Å². The normalized spacial score (nSPS) is 21.1. The summed E-state index contributed by atoms with van der Waals surface area (Å²) in [6, 6.07) is 6.65. The Hall–Kier alpha value is -1.69. The molecular formula is C14H18N2O3S. The molecule has 0 aromatic heterocycles. The first-order chi connectivity index (χ1) is 9.28. The fourth-order valence-corrected chi connectivity index (χ4v) is 2.44. The largest absolute Gasteiger partial charge is 0.325 e.